The maximum Gasteiger partial charge on any atom is 0.271 e. The van der Waals surface area contributed by atoms with Crippen molar-refractivity contribution in [2.24, 2.45) is 5.92 Å². The van der Waals surface area contributed by atoms with Crippen molar-refractivity contribution in [2.75, 3.05) is 18.4 Å². The van der Waals surface area contributed by atoms with Crippen LogP contribution in [0, 0.1) is 24.5 Å². The Hall–Kier alpha value is -4.63. The molecule has 6 rings (SSSR count). The van der Waals surface area contributed by atoms with Crippen LogP contribution in [0.2, 0.25) is 0 Å². The maximum absolute atomic E-state index is 15.2. The molecule has 0 amide bonds. The van der Waals surface area contributed by atoms with Gasteiger partial charge >= 0.3 is 0 Å². The van der Waals surface area contributed by atoms with Crippen molar-refractivity contribution in [3.05, 3.63) is 118 Å². The topological polar surface area (TPSA) is 76.8 Å². The molecule has 3 aromatic carbocycles. The number of para-hydroxylation sites is 1. The average Bonchev–Trinajstić information content (AvgIpc) is 3.39. The van der Waals surface area contributed by atoms with Crippen LogP contribution >= 0.6 is 0 Å². The number of anilines is 1. The van der Waals surface area contributed by atoms with Gasteiger partial charge in [0.15, 0.2) is 0 Å². The number of nitrogens with zero attached hydrogens (tertiary/aromatic N) is 4. The highest BCUT2D eigenvalue weighted by Gasteiger charge is 2.30. The lowest BCUT2D eigenvalue weighted by atomic mass is 9.94. The minimum Gasteiger partial charge on any atom is -0.369 e. The molecule has 1 aliphatic heterocycles. The van der Waals surface area contributed by atoms with Crippen molar-refractivity contribution in [1.29, 1.82) is 0 Å². The van der Waals surface area contributed by atoms with Gasteiger partial charge < -0.3 is 10.6 Å². The lowest BCUT2D eigenvalue weighted by molar-refractivity contribution is 0.307. The first-order chi connectivity index (χ1) is 21.2. The van der Waals surface area contributed by atoms with Gasteiger partial charge in [0.1, 0.15) is 23.1 Å². The van der Waals surface area contributed by atoms with E-state index in [9.17, 15) is 9.18 Å². The third-order valence-corrected chi connectivity index (χ3v) is 8.28. The monoisotopic (exact) mass is 594 g/mol. The Morgan fingerprint density at radius 3 is 2.52 bits per heavy atom. The van der Waals surface area contributed by atoms with Crippen LogP contribution in [0.3, 0.4) is 0 Å². The molecule has 0 spiro atoms. The molecular weight excluding hydrogens is 558 g/mol. The van der Waals surface area contributed by atoms with Gasteiger partial charge in [0.25, 0.3) is 5.56 Å². The van der Waals surface area contributed by atoms with Crippen molar-refractivity contribution in [3.63, 3.8) is 0 Å². The van der Waals surface area contributed by atoms with Crippen LogP contribution in [0.5, 0.6) is 0 Å². The Morgan fingerprint density at radius 1 is 0.977 bits per heavy atom. The number of hydrogen-bond donors (Lipinski definition) is 2. The molecule has 0 saturated carbocycles. The maximum atomic E-state index is 15.2. The average molecular weight is 595 g/mol. The first-order valence-electron chi connectivity index (χ1n) is 14.9. The van der Waals surface area contributed by atoms with E-state index in [0.29, 0.717) is 41.5 Å². The van der Waals surface area contributed by atoms with Crippen LogP contribution in [0.1, 0.15) is 31.4 Å². The fraction of sp³-hybridized carbons (Fsp3) is 0.286. The normalized spacial score (nSPS) is 14.7. The predicted molar refractivity (Wildman–Crippen MR) is 170 cm³/mol. The van der Waals surface area contributed by atoms with Gasteiger partial charge in [-0.2, -0.15) is 14.9 Å². The first kappa shape index (κ1) is 29.4. The van der Waals surface area contributed by atoms with E-state index in [-0.39, 0.29) is 22.6 Å². The highest BCUT2D eigenvalue weighted by Crippen LogP contribution is 2.39. The molecule has 0 aliphatic carbocycles. The van der Waals surface area contributed by atoms with Crippen molar-refractivity contribution >= 4 is 5.82 Å². The third kappa shape index (κ3) is 6.19. The minimum atomic E-state index is -0.715. The summed E-state index contributed by atoms with van der Waals surface area (Å²) in [5.41, 5.74) is 4.03. The molecule has 9 heteroatoms. The van der Waals surface area contributed by atoms with Gasteiger partial charge in [0.2, 0.25) is 0 Å². The molecular formula is C35H36F2N6O. The molecule has 5 aromatic rings. The Balaban J connectivity index is 1.31. The summed E-state index contributed by atoms with van der Waals surface area (Å²) >= 11 is 0. The second-order valence-electron chi connectivity index (χ2n) is 12.1. The lowest BCUT2D eigenvalue weighted by Gasteiger charge is -2.31. The van der Waals surface area contributed by atoms with E-state index < -0.39 is 11.6 Å². The van der Waals surface area contributed by atoms with E-state index in [1.54, 1.807) is 6.07 Å². The van der Waals surface area contributed by atoms with E-state index in [2.05, 4.69) is 48.7 Å². The van der Waals surface area contributed by atoms with Crippen LogP contribution in [-0.4, -0.2) is 38.2 Å². The molecule has 7 nitrogen and oxygen atoms in total. The Morgan fingerprint density at radius 2 is 1.75 bits per heavy atom. The molecule has 3 heterocycles. The van der Waals surface area contributed by atoms with Crippen molar-refractivity contribution < 1.29 is 8.78 Å². The van der Waals surface area contributed by atoms with Crippen LogP contribution in [0.15, 0.2) is 89.7 Å². The fourth-order valence-corrected chi connectivity index (χ4v) is 5.70. The summed E-state index contributed by atoms with van der Waals surface area (Å²) < 4.78 is 32.3. The zero-order valence-electron chi connectivity index (χ0n) is 25.1. The van der Waals surface area contributed by atoms with Crippen molar-refractivity contribution in [1.82, 2.24) is 24.9 Å². The zero-order valence-corrected chi connectivity index (χ0v) is 25.1. The van der Waals surface area contributed by atoms with Crippen LogP contribution in [0.4, 0.5) is 14.6 Å². The summed E-state index contributed by atoms with van der Waals surface area (Å²) in [7, 11) is 0. The Bertz CT molecular complexity index is 1850. The molecule has 2 N–H and O–H groups in total. The first-order valence-corrected chi connectivity index (χ1v) is 14.9. The highest BCUT2D eigenvalue weighted by molar-refractivity contribution is 5.87. The van der Waals surface area contributed by atoms with Crippen molar-refractivity contribution in [2.45, 2.75) is 45.7 Å². The van der Waals surface area contributed by atoms with E-state index in [1.807, 2.05) is 41.9 Å². The van der Waals surface area contributed by atoms with Gasteiger partial charge in [0.05, 0.1) is 16.9 Å². The number of rotatable bonds is 9. The number of halogens is 2. The number of hydrogen-bond acceptors (Lipinski definition) is 5. The van der Waals surface area contributed by atoms with E-state index in [0.717, 1.165) is 31.0 Å². The highest BCUT2D eigenvalue weighted by atomic mass is 19.1. The minimum absolute atomic E-state index is 0.0685. The number of nitrogens with one attached hydrogen (secondary N) is 2. The second kappa shape index (κ2) is 12.2. The molecule has 1 atom stereocenters. The standard InChI is InChI=1S/C35H36F2N6O/c1-23-9-7-8-12-30(23)43-31(44)16-15-29(40-43)32-33(27-14-13-26(36)19-28(27)37)41-42-22-25(20-38-34(32)42)21-39-35(2,3)18-17-24-10-5-4-6-11-24/h4-16,19,25,38-39H,17-18,20-22H2,1-3H3. The molecule has 1 unspecified atom stereocenters. The largest absolute Gasteiger partial charge is 0.369 e. The summed E-state index contributed by atoms with van der Waals surface area (Å²) in [6.45, 7) is 8.37. The van der Waals surface area contributed by atoms with Gasteiger partial charge in [0, 0.05) is 48.8 Å². The summed E-state index contributed by atoms with van der Waals surface area (Å²) in [6.07, 6.45) is 1.98. The second-order valence-corrected chi connectivity index (χ2v) is 12.1. The predicted octanol–water partition coefficient (Wildman–Crippen LogP) is 6.39. The van der Waals surface area contributed by atoms with E-state index in [4.69, 9.17) is 10.2 Å². The molecule has 226 valence electrons. The number of benzene rings is 3. The quantitative estimate of drug-likeness (QED) is 0.207. The molecule has 44 heavy (non-hydrogen) atoms. The fourth-order valence-electron chi connectivity index (χ4n) is 5.70. The van der Waals surface area contributed by atoms with E-state index in [1.165, 1.54) is 28.4 Å². The Labute approximate surface area is 255 Å². The molecule has 1 aliphatic rings. The van der Waals surface area contributed by atoms with E-state index >= 15 is 4.39 Å². The Kier molecular flexibility index (Phi) is 8.14. The summed E-state index contributed by atoms with van der Waals surface area (Å²) in [4.78, 5) is 12.9. The molecule has 0 saturated heterocycles. The molecule has 0 bridgehead atoms. The molecule has 0 radical (unpaired) electrons. The number of aryl methyl sites for hydroxylation is 2. The van der Waals surface area contributed by atoms with Crippen molar-refractivity contribution in [3.8, 4) is 28.2 Å². The van der Waals surface area contributed by atoms with Gasteiger partial charge in [-0.05, 0) is 69.0 Å². The summed E-state index contributed by atoms with van der Waals surface area (Å²) in [5.74, 6) is -0.480. The third-order valence-electron chi connectivity index (χ3n) is 8.28. The number of aromatic nitrogens is 4. The van der Waals surface area contributed by atoms with Gasteiger partial charge in [-0.3, -0.25) is 4.79 Å². The van der Waals surface area contributed by atoms with Gasteiger partial charge in [-0.1, -0.05) is 48.5 Å². The summed E-state index contributed by atoms with van der Waals surface area (Å²) in [5, 5.41) is 16.8. The zero-order chi connectivity index (χ0) is 30.8. The number of fused-ring (bicyclic) bond motifs is 1. The smallest absolute Gasteiger partial charge is 0.271 e. The van der Waals surface area contributed by atoms with Gasteiger partial charge in [-0.15, -0.1) is 0 Å². The molecule has 0 fully saturated rings. The van der Waals surface area contributed by atoms with Crippen LogP contribution in [0.25, 0.3) is 28.2 Å². The van der Waals surface area contributed by atoms with Crippen LogP contribution < -0.4 is 16.2 Å². The molecule has 2 aromatic heterocycles. The lowest BCUT2D eigenvalue weighted by Crippen LogP contribution is -2.45. The van der Waals surface area contributed by atoms with Crippen LogP contribution in [-0.2, 0) is 13.0 Å². The van der Waals surface area contributed by atoms with Gasteiger partial charge in [-0.25, -0.2) is 13.5 Å². The SMILES string of the molecule is Cc1ccccc1-n1nc(-c2c(-c3ccc(F)cc3F)nn3c2NCC(CNC(C)(C)CCc2ccccc2)C3)ccc1=O. The summed E-state index contributed by atoms with van der Waals surface area (Å²) in [6, 6.07) is 24.5.